The number of pyridine rings is 1. The number of nitrogens with zero attached hydrogens (tertiary/aromatic N) is 1. The van der Waals surface area contributed by atoms with Crippen molar-refractivity contribution < 1.29 is 13.9 Å². The molecule has 0 fully saturated rings. The van der Waals surface area contributed by atoms with Crippen molar-refractivity contribution >= 4 is 16.9 Å². The standard InChI is InChI=1S/C19H17NO4/c1-11(2)16-9-18(21)24-17-8-14(6-7-15(16)17)23-19(22)13-5-4-12(3)20-10-13/h4-11H,1-3H3. The summed E-state index contributed by atoms with van der Waals surface area (Å²) in [6.45, 7) is 5.85. The van der Waals surface area contributed by atoms with Crippen LogP contribution in [0.2, 0.25) is 0 Å². The smallest absolute Gasteiger partial charge is 0.345 e. The van der Waals surface area contributed by atoms with Gasteiger partial charge in [0.25, 0.3) is 0 Å². The van der Waals surface area contributed by atoms with E-state index in [0.29, 0.717) is 16.9 Å². The lowest BCUT2D eigenvalue weighted by molar-refractivity contribution is 0.0734. The van der Waals surface area contributed by atoms with Crippen molar-refractivity contribution in [3.8, 4) is 5.75 Å². The maximum Gasteiger partial charge on any atom is 0.345 e. The van der Waals surface area contributed by atoms with E-state index in [4.69, 9.17) is 9.15 Å². The molecule has 0 aliphatic carbocycles. The van der Waals surface area contributed by atoms with Crippen LogP contribution in [0.25, 0.3) is 11.0 Å². The number of fused-ring (bicyclic) bond motifs is 1. The van der Waals surface area contributed by atoms with Crippen LogP contribution < -0.4 is 10.4 Å². The topological polar surface area (TPSA) is 69.4 Å². The van der Waals surface area contributed by atoms with Crippen molar-refractivity contribution in [3.05, 3.63) is 69.8 Å². The summed E-state index contributed by atoms with van der Waals surface area (Å²) in [5, 5.41) is 0.835. The molecule has 5 heteroatoms. The van der Waals surface area contributed by atoms with Crippen LogP contribution >= 0.6 is 0 Å². The van der Waals surface area contributed by atoms with Gasteiger partial charge in [-0.15, -0.1) is 0 Å². The van der Waals surface area contributed by atoms with E-state index < -0.39 is 11.6 Å². The highest BCUT2D eigenvalue weighted by molar-refractivity contribution is 5.91. The number of esters is 1. The molecule has 0 spiro atoms. The van der Waals surface area contributed by atoms with Crippen molar-refractivity contribution in [3.63, 3.8) is 0 Å². The van der Waals surface area contributed by atoms with Crippen LogP contribution in [0, 0.1) is 6.92 Å². The molecule has 122 valence electrons. The normalized spacial score (nSPS) is 11.0. The molecule has 5 nitrogen and oxygen atoms in total. The molecule has 2 aromatic heterocycles. The van der Waals surface area contributed by atoms with E-state index in [9.17, 15) is 9.59 Å². The summed E-state index contributed by atoms with van der Waals surface area (Å²) < 4.78 is 10.6. The third-order valence-corrected chi connectivity index (χ3v) is 3.73. The number of hydrogen-bond donors (Lipinski definition) is 0. The quantitative estimate of drug-likeness (QED) is 0.416. The first kappa shape index (κ1) is 15.9. The molecule has 3 rings (SSSR count). The second-order valence-corrected chi connectivity index (χ2v) is 5.91. The SMILES string of the molecule is Cc1ccc(C(=O)Oc2ccc3c(C(C)C)cc(=O)oc3c2)cn1. The number of benzene rings is 1. The van der Waals surface area contributed by atoms with Crippen molar-refractivity contribution in [2.45, 2.75) is 26.7 Å². The minimum absolute atomic E-state index is 0.184. The molecule has 0 amide bonds. The number of carbonyl (C=O) groups excluding carboxylic acids is 1. The molecule has 24 heavy (non-hydrogen) atoms. The molecule has 0 radical (unpaired) electrons. The van der Waals surface area contributed by atoms with Gasteiger partial charge in [0, 0.05) is 29.4 Å². The summed E-state index contributed by atoms with van der Waals surface area (Å²) in [4.78, 5) is 27.9. The summed E-state index contributed by atoms with van der Waals surface area (Å²) in [5.41, 5.74) is 2.07. The highest BCUT2D eigenvalue weighted by Crippen LogP contribution is 2.27. The highest BCUT2D eigenvalue weighted by Gasteiger charge is 2.13. The molecule has 0 aliphatic rings. The van der Waals surface area contributed by atoms with E-state index in [2.05, 4.69) is 4.98 Å². The lowest BCUT2D eigenvalue weighted by Crippen LogP contribution is -2.09. The summed E-state index contributed by atoms with van der Waals surface area (Å²) in [5.74, 6) is -0.00928. The maximum absolute atomic E-state index is 12.1. The van der Waals surface area contributed by atoms with Gasteiger partial charge in [-0.05, 0) is 42.7 Å². The van der Waals surface area contributed by atoms with Crippen molar-refractivity contribution in [2.24, 2.45) is 0 Å². The minimum Gasteiger partial charge on any atom is -0.423 e. The largest absolute Gasteiger partial charge is 0.423 e. The summed E-state index contributed by atoms with van der Waals surface area (Å²) in [6.07, 6.45) is 1.47. The first-order valence-corrected chi connectivity index (χ1v) is 7.66. The van der Waals surface area contributed by atoms with Gasteiger partial charge in [0.15, 0.2) is 0 Å². The molecule has 1 aromatic carbocycles. The van der Waals surface area contributed by atoms with E-state index in [1.807, 2.05) is 20.8 Å². The average molecular weight is 323 g/mol. The number of hydrogen-bond acceptors (Lipinski definition) is 5. The van der Waals surface area contributed by atoms with Crippen LogP contribution in [-0.4, -0.2) is 11.0 Å². The van der Waals surface area contributed by atoms with Crippen molar-refractivity contribution in [2.75, 3.05) is 0 Å². The van der Waals surface area contributed by atoms with Crippen LogP contribution in [0.1, 0.15) is 41.4 Å². The Morgan fingerprint density at radius 2 is 1.96 bits per heavy atom. The summed E-state index contributed by atoms with van der Waals surface area (Å²) in [7, 11) is 0. The van der Waals surface area contributed by atoms with Gasteiger partial charge in [0.2, 0.25) is 0 Å². The van der Waals surface area contributed by atoms with Crippen LogP contribution in [0.15, 0.2) is 51.8 Å². The Morgan fingerprint density at radius 3 is 2.62 bits per heavy atom. The Bertz CT molecular complexity index is 955. The van der Waals surface area contributed by atoms with Crippen LogP contribution in [0.5, 0.6) is 5.75 Å². The molecular weight excluding hydrogens is 306 g/mol. The van der Waals surface area contributed by atoms with Gasteiger partial charge in [0.05, 0.1) is 5.56 Å². The number of rotatable bonds is 3. The van der Waals surface area contributed by atoms with Gasteiger partial charge in [-0.2, -0.15) is 0 Å². The van der Waals surface area contributed by atoms with E-state index in [0.717, 1.165) is 16.6 Å². The Kier molecular flexibility index (Phi) is 4.16. The zero-order valence-corrected chi connectivity index (χ0v) is 13.7. The maximum atomic E-state index is 12.1. The fourth-order valence-electron chi connectivity index (χ4n) is 2.46. The fraction of sp³-hybridized carbons (Fsp3) is 0.211. The molecular formula is C19H17NO4. The molecule has 0 unspecified atom stereocenters. The first-order chi connectivity index (χ1) is 11.4. The molecule has 0 atom stereocenters. The van der Waals surface area contributed by atoms with E-state index in [1.54, 1.807) is 30.3 Å². The van der Waals surface area contributed by atoms with E-state index >= 15 is 0 Å². The predicted octanol–water partition coefficient (Wildman–Crippen LogP) is 3.84. The van der Waals surface area contributed by atoms with E-state index in [-0.39, 0.29) is 5.92 Å². The Balaban J connectivity index is 1.95. The van der Waals surface area contributed by atoms with Gasteiger partial charge in [-0.25, -0.2) is 9.59 Å². The molecule has 2 heterocycles. The second kappa shape index (κ2) is 6.28. The highest BCUT2D eigenvalue weighted by atomic mass is 16.5. The third-order valence-electron chi connectivity index (χ3n) is 3.73. The lowest BCUT2D eigenvalue weighted by atomic mass is 10.00. The van der Waals surface area contributed by atoms with Gasteiger partial charge < -0.3 is 9.15 Å². The summed E-state index contributed by atoms with van der Waals surface area (Å²) >= 11 is 0. The third kappa shape index (κ3) is 3.20. The Labute approximate surface area is 138 Å². The Morgan fingerprint density at radius 1 is 1.17 bits per heavy atom. The molecule has 0 aliphatic heterocycles. The van der Waals surface area contributed by atoms with Gasteiger partial charge >= 0.3 is 11.6 Å². The van der Waals surface area contributed by atoms with Crippen LogP contribution in [0.3, 0.4) is 0 Å². The molecule has 0 saturated heterocycles. The zero-order valence-electron chi connectivity index (χ0n) is 13.7. The second-order valence-electron chi connectivity index (χ2n) is 5.91. The first-order valence-electron chi connectivity index (χ1n) is 7.66. The van der Waals surface area contributed by atoms with Gasteiger partial charge in [-0.3, -0.25) is 4.98 Å². The Hall–Kier alpha value is -2.95. The van der Waals surface area contributed by atoms with Crippen molar-refractivity contribution in [1.29, 1.82) is 0 Å². The van der Waals surface area contributed by atoms with E-state index in [1.165, 1.54) is 12.3 Å². The van der Waals surface area contributed by atoms with Gasteiger partial charge in [0.1, 0.15) is 11.3 Å². The number of carbonyl (C=O) groups is 1. The molecule has 0 bridgehead atoms. The minimum atomic E-state index is -0.510. The monoisotopic (exact) mass is 323 g/mol. The van der Waals surface area contributed by atoms with Crippen LogP contribution in [0.4, 0.5) is 0 Å². The van der Waals surface area contributed by atoms with Crippen molar-refractivity contribution in [1.82, 2.24) is 4.98 Å². The average Bonchev–Trinajstić information content (AvgIpc) is 2.54. The number of aryl methyl sites for hydroxylation is 1. The summed E-state index contributed by atoms with van der Waals surface area (Å²) in [6, 6.07) is 9.93. The molecule has 0 saturated carbocycles. The van der Waals surface area contributed by atoms with Crippen LogP contribution in [-0.2, 0) is 0 Å². The number of aromatic nitrogens is 1. The van der Waals surface area contributed by atoms with Gasteiger partial charge in [-0.1, -0.05) is 13.8 Å². The molecule has 3 aromatic rings. The fourth-order valence-corrected chi connectivity index (χ4v) is 2.46. The number of ether oxygens (including phenoxy) is 1. The lowest BCUT2D eigenvalue weighted by Gasteiger charge is -2.10. The zero-order chi connectivity index (χ0) is 17.3. The predicted molar refractivity (Wildman–Crippen MR) is 90.5 cm³/mol. The molecule has 0 N–H and O–H groups in total.